The highest BCUT2D eigenvalue weighted by Gasteiger charge is 2.37. The van der Waals surface area contributed by atoms with Gasteiger partial charge in [0.2, 0.25) is 0 Å². The minimum Gasteiger partial charge on any atom is -0.311 e. The van der Waals surface area contributed by atoms with Crippen LogP contribution >= 0.6 is 0 Å². The Morgan fingerprint density at radius 3 is 1.71 bits per heavy atom. The number of benzene rings is 9. The van der Waals surface area contributed by atoms with Crippen molar-refractivity contribution < 1.29 is 0 Å². The lowest BCUT2D eigenvalue weighted by Crippen LogP contribution is -2.16. The fourth-order valence-corrected chi connectivity index (χ4v) is 9.91. The highest BCUT2D eigenvalue weighted by molar-refractivity contribution is 6.25. The van der Waals surface area contributed by atoms with E-state index < -0.39 is 0 Å². The maximum absolute atomic E-state index is 2.54. The van der Waals surface area contributed by atoms with Crippen LogP contribution in [0.25, 0.3) is 76.8 Å². The zero-order valence-corrected chi connectivity index (χ0v) is 32.9. The Bertz CT molecular complexity index is 3110. The molecule has 0 spiro atoms. The van der Waals surface area contributed by atoms with Gasteiger partial charge in [0.05, 0.1) is 0 Å². The molecule has 58 heavy (non-hydrogen) atoms. The first kappa shape index (κ1) is 34.3. The minimum absolute atomic E-state index is 0.135. The van der Waals surface area contributed by atoms with Crippen LogP contribution in [0.2, 0.25) is 0 Å². The van der Waals surface area contributed by atoms with Crippen molar-refractivity contribution in [2.45, 2.75) is 32.1 Å². The molecule has 276 valence electrons. The van der Waals surface area contributed by atoms with Gasteiger partial charge in [0, 0.05) is 22.5 Å². The van der Waals surface area contributed by atoms with E-state index in [-0.39, 0.29) is 5.41 Å². The number of fused-ring (bicyclic) bond motifs is 7. The van der Waals surface area contributed by atoms with Crippen LogP contribution in [0.15, 0.2) is 206 Å². The van der Waals surface area contributed by atoms with E-state index >= 15 is 0 Å². The van der Waals surface area contributed by atoms with E-state index in [2.05, 4.69) is 219 Å². The van der Waals surface area contributed by atoms with Crippen LogP contribution in [-0.4, -0.2) is 0 Å². The molecule has 0 radical (unpaired) electrons. The molecule has 1 heteroatoms. The average Bonchev–Trinajstić information content (AvgIpc) is 3.52. The highest BCUT2D eigenvalue weighted by atomic mass is 15.1. The maximum Gasteiger partial charge on any atom is 0.0461 e. The second-order valence-electron chi connectivity index (χ2n) is 16.3. The van der Waals surface area contributed by atoms with Gasteiger partial charge in [-0.05, 0) is 143 Å². The van der Waals surface area contributed by atoms with Crippen LogP contribution in [0.3, 0.4) is 0 Å². The summed E-state index contributed by atoms with van der Waals surface area (Å²) in [7, 11) is 0. The largest absolute Gasteiger partial charge is 0.311 e. The van der Waals surface area contributed by atoms with Crippen LogP contribution in [0.4, 0.5) is 11.4 Å². The Balaban J connectivity index is 1.17. The summed E-state index contributed by atoms with van der Waals surface area (Å²) >= 11 is 0. The Morgan fingerprint density at radius 1 is 0.397 bits per heavy atom. The summed E-state index contributed by atoms with van der Waals surface area (Å²) in [5.41, 5.74) is 16.4. The van der Waals surface area contributed by atoms with E-state index in [1.807, 2.05) is 0 Å². The van der Waals surface area contributed by atoms with E-state index in [4.69, 9.17) is 0 Å². The summed E-state index contributed by atoms with van der Waals surface area (Å²) in [6, 6.07) is 67.7. The predicted octanol–water partition coefficient (Wildman–Crippen LogP) is 15.8. The molecule has 0 aliphatic heterocycles. The maximum atomic E-state index is 2.54. The molecule has 2 aliphatic rings. The molecular weight excluding hydrogens is 699 g/mol. The molecule has 0 heterocycles. The third-order valence-electron chi connectivity index (χ3n) is 12.7. The molecule has 0 N–H and O–H groups in total. The summed E-state index contributed by atoms with van der Waals surface area (Å²) in [5.74, 6) is 0. The standard InChI is InChI=1S/C57H43N/c1-57(2)52-29-17-16-28-49(52)56-45-25-13-12-24-44(45)51(37-53(56)57)55-47-27-15-14-26-46(47)54(39-18-6-3-7-19-39)48-35-32-40(36-50(48)55)38-30-33-43(34-31-38)58(41-20-8-4-9-21-41)42-22-10-5-11-23-42/h3-4,6-10,12-37H,5,11H2,1-2H3. The average molecular weight is 742 g/mol. The molecule has 0 saturated heterocycles. The lowest BCUT2D eigenvalue weighted by atomic mass is 9.78. The number of hydrogen-bond donors (Lipinski definition) is 0. The van der Waals surface area contributed by atoms with Crippen molar-refractivity contribution in [1.29, 1.82) is 0 Å². The smallest absolute Gasteiger partial charge is 0.0461 e. The summed E-state index contributed by atoms with van der Waals surface area (Å²) < 4.78 is 0. The Morgan fingerprint density at radius 2 is 0.983 bits per heavy atom. The Labute approximate surface area is 340 Å². The second-order valence-corrected chi connectivity index (χ2v) is 16.3. The highest BCUT2D eigenvalue weighted by Crippen LogP contribution is 2.55. The molecule has 0 saturated carbocycles. The number of rotatable bonds is 6. The van der Waals surface area contributed by atoms with Gasteiger partial charge in [-0.15, -0.1) is 0 Å². The molecule has 9 aromatic rings. The van der Waals surface area contributed by atoms with Crippen molar-refractivity contribution in [2.75, 3.05) is 4.90 Å². The molecule has 0 amide bonds. The zero-order chi connectivity index (χ0) is 38.8. The van der Waals surface area contributed by atoms with Crippen molar-refractivity contribution in [2.24, 2.45) is 0 Å². The quantitative estimate of drug-likeness (QED) is 0.153. The van der Waals surface area contributed by atoms with Crippen molar-refractivity contribution >= 4 is 43.7 Å². The van der Waals surface area contributed by atoms with Gasteiger partial charge in [-0.25, -0.2) is 0 Å². The first-order valence-corrected chi connectivity index (χ1v) is 20.6. The van der Waals surface area contributed by atoms with Gasteiger partial charge in [-0.2, -0.15) is 0 Å². The van der Waals surface area contributed by atoms with Crippen LogP contribution < -0.4 is 4.90 Å². The summed E-state index contributed by atoms with van der Waals surface area (Å²) in [6.45, 7) is 4.79. The molecular formula is C57H43N. The number of hydrogen-bond acceptors (Lipinski definition) is 1. The van der Waals surface area contributed by atoms with Crippen LogP contribution in [0, 0.1) is 0 Å². The van der Waals surface area contributed by atoms with Gasteiger partial charge in [0.25, 0.3) is 0 Å². The SMILES string of the molecule is CC1(C)c2ccccc2-c2c1cc(-c1c3ccccc3c(-c3ccccc3)c3ccc(-c4ccc(N(C5=CCCC=C5)c5ccccc5)cc4)cc13)c1ccccc21. The second kappa shape index (κ2) is 13.6. The molecule has 9 aromatic carbocycles. The van der Waals surface area contributed by atoms with Gasteiger partial charge in [0.15, 0.2) is 0 Å². The first-order chi connectivity index (χ1) is 28.6. The van der Waals surface area contributed by atoms with E-state index in [1.165, 1.54) is 93.6 Å². The minimum atomic E-state index is -0.135. The monoisotopic (exact) mass is 741 g/mol. The van der Waals surface area contributed by atoms with Gasteiger partial charge < -0.3 is 4.90 Å². The summed E-state index contributed by atoms with van der Waals surface area (Å²) in [5, 5.41) is 7.67. The molecule has 11 rings (SSSR count). The van der Waals surface area contributed by atoms with Crippen LogP contribution in [0.5, 0.6) is 0 Å². The lowest BCUT2D eigenvalue weighted by molar-refractivity contribution is 0.661. The number of allylic oxidation sites excluding steroid dienone is 3. The van der Waals surface area contributed by atoms with Gasteiger partial charge in [0.1, 0.15) is 0 Å². The van der Waals surface area contributed by atoms with E-state index in [0.29, 0.717) is 0 Å². The molecule has 0 bridgehead atoms. The van der Waals surface area contributed by atoms with E-state index in [1.54, 1.807) is 0 Å². The normalized spacial score (nSPS) is 14.1. The molecule has 0 fully saturated rings. The van der Waals surface area contributed by atoms with Crippen LogP contribution in [-0.2, 0) is 5.41 Å². The molecule has 1 nitrogen and oxygen atoms in total. The Hall–Kier alpha value is -6.96. The third-order valence-corrected chi connectivity index (χ3v) is 12.7. The molecule has 0 unspecified atom stereocenters. The Kier molecular flexibility index (Phi) is 8.05. The lowest BCUT2D eigenvalue weighted by Gasteiger charge is -2.27. The van der Waals surface area contributed by atoms with Crippen molar-refractivity contribution in [3.8, 4) is 44.5 Å². The van der Waals surface area contributed by atoms with Gasteiger partial charge in [-0.3, -0.25) is 0 Å². The van der Waals surface area contributed by atoms with Crippen LogP contribution in [0.1, 0.15) is 37.8 Å². The molecule has 0 atom stereocenters. The summed E-state index contributed by atoms with van der Waals surface area (Å²) in [6.07, 6.45) is 9.03. The summed E-state index contributed by atoms with van der Waals surface area (Å²) in [4.78, 5) is 2.37. The number of anilines is 2. The zero-order valence-electron chi connectivity index (χ0n) is 32.9. The van der Waals surface area contributed by atoms with Crippen molar-refractivity contribution in [3.63, 3.8) is 0 Å². The molecule has 2 aliphatic carbocycles. The van der Waals surface area contributed by atoms with Gasteiger partial charge in [-0.1, -0.05) is 172 Å². The fraction of sp³-hybridized carbons (Fsp3) is 0.0877. The fourth-order valence-electron chi connectivity index (χ4n) is 9.91. The number of nitrogens with zero attached hydrogens (tertiary/aromatic N) is 1. The predicted molar refractivity (Wildman–Crippen MR) is 248 cm³/mol. The molecule has 0 aromatic heterocycles. The van der Waals surface area contributed by atoms with E-state index in [0.717, 1.165) is 24.2 Å². The van der Waals surface area contributed by atoms with E-state index in [9.17, 15) is 0 Å². The van der Waals surface area contributed by atoms with Crippen molar-refractivity contribution in [1.82, 2.24) is 0 Å². The third kappa shape index (κ3) is 5.38. The topological polar surface area (TPSA) is 3.24 Å². The van der Waals surface area contributed by atoms with Crippen molar-refractivity contribution in [3.05, 3.63) is 217 Å². The number of para-hydroxylation sites is 1. The first-order valence-electron chi connectivity index (χ1n) is 20.6. The van der Waals surface area contributed by atoms with Gasteiger partial charge >= 0.3 is 0 Å².